The maximum absolute atomic E-state index is 13.5. The lowest BCUT2D eigenvalue weighted by Gasteiger charge is -2.34. The van der Waals surface area contributed by atoms with Crippen LogP contribution in [0.15, 0.2) is 24.3 Å². The van der Waals surface area contributed by atoms with Crippen molar-refractivity contribution in [3.05, 3.63) is 41.1 Å². The summed E-state index contributed by atoms with van der Waals surface area (Å²) in [5.41, 5.74) is 3.99. The first-order chi connectivity index (χ1) is 12.2. The third-order valence-corrected chi connectivity index (χ3v) is 5.31. The number of rotatable bonds is 2. The number of hydrogen-bond donors (Lipinski definition) is 0. The highest BCUT2D eigenvalue weighted by molar-refractivity contribution is 6.07. The Labute approximate surface area is 148 Å². The van der Waals surface area contributed by atoms with Gasteiger partial charge in [0, 0.05) is 49.2 Å². The number of nitrogens with zero attached hydrogens (tertiary/aromatic N) is 3. The molecule has 0 bridgehead atoms. The molecule has 1 saturated heterocycles. The van der Waals surface area contributed by atoms with Crippen LogP contribution < -0.4 is 0 Å². The number of morpholine rings is 1. The van der Waals surface area contributed by atoms with E-state index in [1.807, 2.05) is 36.1 Å². The van der Waals surface area contributed by atoms with E-state index < -0.39 is 0 Å². The first kappa shape index (κ1) is 16.5. The van der Waals surface area contributed by atoms with E-state index in [0.717, 1.165) is 53.8 Å². The standard InChI is InChI=1S/C20H25N3O2/c1-3-22-9-8-18-16(13-22)19(15-6-4-5-7-17(15)21-18)20(24)23-10-11-25-14(2)12-23/h4-7,14H,3,8-13H2,1-2H3/t14-/m1/s1. The molecule has 132 valence electrons. The molecular weight excluding hydrogens is 314 g/mol. The third-order valence-electron chi connectivity index (χ3n) is 5.31. The Hall–Kier alpha value is -1.98. The van der Waals surface area contributed by atoms with E-state index in [-0.39, 0.29) is 12.0 Å². The normalized spacial score (nSPS) is 21.4. The molecule has 2 aliphatic rings. The minimum atomic E-state index is 0.0915. The Morgan fingerprint density at radius 1 is 1.32 bits per heavy atom. The van der Waals surface area contributed by atoms with Gasteiger partial charge in [-0.15, -0.1) is 0 Å². The largest absolute Gasteiger partial charge is 0.375 e. The maximum Gasteiger partial charge on any atom is 0.255 e. The minimum absolute atomic E-state index is 0.0915. The molecule has 25 heavy (non-hydrogen) atoms. The summed E-state index contributed by atoms with van der Waals surface area (Å²) in [7, 11) is 0. The summed E-state index contributed by atoms with van der Waals surface area (Å²) in [5, 5.41) is 0.975. The van der Waals surface area contributed by atoms with E-state index in [0.29, 0.717) is 19.7 Å². The van der Waals surface area contributed by atoms with Gasteiger partial charge in [0.1, 0.15) is 0 Å². The summed E-state index contributed by atoms with van der Waals surface area (Å²) < 4.78 is 5.61. The van der Waals surface area contributed by atoms with Gasteiger partial charge in [-0.3, -0.25) is 14.7 Å². The molecular formula is C20H25N3O2. The zero-order chi connectivity index (χ0) is 17.4. The lowest BCUT2D eigenvalue weighted by molar-refractivity contribution is -0.0124. The zero-order valence-corrected chi connectivity index (χ0v) is 15.0. The minimum Gasteiger partial charge on any atom is -0.375 e. The third kappa shape index (κ3) is 3.02. The van der Waals surface area contributed by atoms with Gasteiger partial charge in [0.15, 0.2) is 0 Å². The lowest BCUT2D eigenvalue weighted by Crippen LogP contribution is -2.45. The number of carbonyl (C=O) groups excluding carboxylic acids is 1. The van der Waals surface area contributed by atoms with Crippen molar-refractivity contribution >= 4 is 16.8 Å². The van der Waals surface area contributed by atoms with Gasteiger partial charge >= 0.3 is 0 Å². The predicted octanol–water partition coefficient (Wildman–Crippen LogP) is 2.47. The highest BCUT2D eigenvalue weighted by Crippen LogP contribution is 2.29. The summed E-state index contributed by atoms with van der Waals surface area (Å²) in [6.07, 6.45) is 1.00. The molecule has 5 heteroatoms. The molecule has 3 heterocycles. The summed E-state index contributed by atoms with van der Waals surface area (Å²) in [4.78, 5) is 22.6. The van der Waals surface area contributed by atoms with E-state index in [1.54, 1.807) is 0 Å². The monoisotopic (exact) mass is 339 g/mol. The van der Waals surface area contributed by atoms with Crippen LogP contribution in [0.5, 0.6) is 0 Å². The smallest absolute Gasteiger partial charge is 0.255 e. The van der Waals surface area contributed by atoms with Gasteiger partial charge in [-0.25, -0.2) is 0 Å². The molecule has 1 aromatic heterocycles. The van der Waals surface area contributed by atoms with E-state index in [4.69, 9.17) is 9.72 Å². The summed E-state index contributed by atoms with van der Waals surface area (Å²) in [6.45, 7) is 8.94. The van der Waals surface area contributed by atoms with Gasteiger partial charge in [-0.2, -0.15) is 0 Å². The molecule has 5 nitrogen and oxygen atoms in total. The zero-order valence-electron chi connectivity index (χ0n) is 15.0. The second-order valence-electron chi connectivity index (χ2n) is 6.98. The predicted molar refractivity (Wildman–Crippen MR) is 97.7 cm³/mol. The van der Waals surface area contributed by atoms with Crippen LogP contribution in [0.2, 0.25) is 0 Å². The Balaban J connectivity index is 1.84. The Morgan fingerprint density at radius 2 is 2.16 bits per heavy atom. The fourth-order valence-corrected chi connectivity index (χ4v) is 3.92. The highest BCUT2D eigenvalue weighted by atomic mass is 16.5. The molecule has 1 aromatic carbocycles. The Kier molecular flexibility index (Phi) is 4.44. The molecule has 2 aliphatic heterocycles. The molecule has 0 radical (unpaired) electrons. The van der Waals surface area contributed by atoms with E-state index >= 15 is 0 Å². The average Bonchev–Trinajstić information content (AvgIpc) is 2.65. The van der Waals surface area contributed by atoms with Gasteiger partial charge in [0.2, 0.25) is 0 Å². The van der Waals surface area contributed by atoms with Crippen LogP contribution in [-0.2, 0) is 17.7 Å². The number of likely N-dealkylation sites (N-methyl/N-ethyl adjacent to an activating group) is 1. The molecule has 2 aromatic rings. The van der Waals surface area contributed by atoms with Crippen LogP contribution in [0.3, 0.4) is 0 Å². The number of amides is 1. The molecule has 0 saturated carbocycles. The lowest BCUT2D eigenvalue weighted by atomic mass is 9.94. The second kappa shape index (κ2) is 6.73. The number of benzene rings is 1. The molecule has 0 aliphatic carbocycles. The number of carbonyl (C=O) groups is 1. The Morgan fingerprint density at radius 3 is 2.96 bits per heavy atom. The molecule has 0 spiro atoms. The van der Waals surface area contributed by atoms with Crippen LogP contribution in [-0.4, -0.2) is 59.6 Å². The fourth-order valence-electron chi connectivity index (χ4n) is 3.92. The summed E-state index contributed by atoms with van der Waals surface area (Å²) in [5.74, 6) is 0.128. The number of pyridine rings is 1. The van der Waals surface area contributed by atoms with Crippen molar-refractivity contribution in [1.82, 2.24) is 14.8 Å². The second-order valence-corrected chi connectivity index (χ2v) is 6.98. The quantitative estimate of drug-likeness (QED) is 0.843. The van der Waals surface area contributed by atoms with Crippen LogP contribution in [0.25, 0.3) is 10.9 Å². The molecule has 0 N–H and O–H groups in total. The summed E-state index contributed by atoms with van der Waals surface area (Å²) in [6, 6.07) is 8.04. The van der Waals surface area contributed by atoms with Crippen LogP contribution in [0, 0.1) is 0 Å². The van der Waals surface area contributed by atoms with Crippen LogP contribution >= 0.6 is 0 Å². The Bertz CT molecular complexity index is 805. The highest BCUT2D eigenvalue weighted by Gasteiger charge is 2.29. The van der Waals surface area contributed by atoms with Crippen molar-refractivity contribution in [1.29, 1.82) is 0 Å². The maximum atomic E-state index is 13.5. The van der Waals surface area contributed by atoms with E-state index in [2.05, 4.69) is 11.8 Å². The number of para-hydroxylation sites is 1. The van der Waals surface area contributed by atoms with Gasteiger partial charge in [-0.1, -0.05) is 25.1 Å². The molecule has 1 amide bonds. The molecule has 4 rings (SSSR count). The van der Waals surface area contributed by atoms with Gasteiger partial charge < -0.3 is 9.64 Å². The van der Waals surface area contributed by atoms with Crippen LogP contribution in [0.1, 0.15) is 35.5 Å². The average molecular weight is 339 g/mol. The number of aromatic nitrogens is 1. The van der Waals surface area contributed by atoms with Crippen molar-refractivity contribution in [3.63, 3.8) is 0 Å². The topological polar surface area (TPSA) is 45.7 Å². The number of ether oxygens (including phenoxy) is 1. The van der Waals surface area contributed by atoms with Gasteiger partial charge in [0.05, 0.1) is 23.8 Å². The van der Waals surface area contributed by atoms with Crippen molar-refractivity contribution in [2.75, 3.05) is 32.8 Å². The molecule has 1 fully saturated rings. The molecule has 1 atom stereocenters. The van der Waals surface area contributed by atoms with E-state index in [9.17, 15) is 4.79 Å². The summed E-state index contributed by atoms with van der Waals surface area (Å²) >= 11 is 0. The van der Waals surface area contributed by atoms with Crippen molar-refractivity contribution in [2.45, 2.75) is 32.9 Å². The number of fused-ring (bicyclic) bond motifs is 2. The first-order valence-corrected chi connectivity index (χ1v) is 9.21. The van der Waals surface area contributed by atoms with Crippen molar-refractivity contribution in [3.8, 4) is 0 Å². The first-order valence-electron chi connectivity index (χ1n) is 9.21. The van der Waals surface area contributed by atoms with Gasteiger partial charge in [0.25, 0.3) is 5.91 Å². The van der Waals surface area contributed by atoms with E-state index in [1.165, 1.54) is 0 Å². The van der Waals surface area contributed by atoms with Crippen molar-refractivity contribution in [2.24, 2.45) is 0 Å². The fraction of sp³-hybridized carbons (Fsp3) is 0.500. The van der Waals surface area contributed by atoms with Crippen LogP contribution in [0.4, 0.5) is 0 Å². The molecule has 0 unspecified atom stereocenters. The number of hydrogen-bond acceptors (Lipinski definition) is 4. The van der Waals surface area contributed by atoms with Crippen molar-refractivity contribution < 1.29 is 9.53 Å². The SMILES string of the molecule is CCN1CCc2nc3ccccc3c(C(=O)N3CCO[C@H](C)C3)c2C1. The van der Waals surface area contributed by atoms with Gasteiger partial charge in [-0.05, 0) is 19.5 Å².